The lowest BCUT2D eigenvalue weighted by molar-refractivity contribution is 0.102. The molecule has 0 fully saturated rings. The van der Waals surface area contributed by atoms with Gasteiger partial charge in [-0.15, -0.1) is 11.3 Å². The topological polar surface area (TPSA) is 97.1 Å². The number of amides is 3. The smallest absolute Gasteiger partial charge is 0.316 e. The molecule has 0 radical (unpaired) electrons. The number of hydrogen-bond donors (Lipinski definition) is 3. The number of carbonyl (C=O) groups is 2. The SMILES string of the molecule is NC(=O)Nc1cccc(C(=O)Nc2nc(-c3ccc(F)cc3)cs2)c1. The van der Waals surface area contributed by atoms with Crippen LogP contribution in [-0.2, 0) is 0 Å². The molecular weight excluding hydrogens is 343 g/mol. The van der Waals surface area contributed by atoms with Crippen LogP contribution in [0.15, 0.2) is 53.9 Å². The van der Waals surface area contributed by atoms with E-state index in [1.807, 2.05) is 0 Å². The number of nitrogens with two attached hydrogens (primary N) is 1. The molecule has 0 saturated heterocycles. The molecule has 3 rings (SSSR count). The van der Waals surface area contributed by atoms with Gasteiger partial charge in [-0.25, -0.2) is 14.2 Å². The van der Waals surface area contributed by atoms with E-state index in [0.29, 0.717) is 22.1 Å². The summed E-state index contributed by atoms with van der Waals surface area (Å²) in [6, 6.07) is 11.6. The van der Waals surface area contributed by atoms with Crippen molar-refractivity contribution in [1.82, 2.24) is 4.98 Å². The van der Waals surface area contributed by atoms with Crippen molar-refractivity contribution in [3.63, 3.8) is 0 Å². The Morgan fingerprint density at radius 1 is 1.08 bits per heavy atom. The van der Waals surface area contributed by atoms with Crippen molar-refractivity contribution in [3.8, 4) is 11.3 Å². The predicted octanol–water partition coefficient (Wildman–Crippen LogP) is 3.69. The molecule has 0 saturated carbocycles. The van der Waals surface area contributed by atoms with Crippen LogP contribution in [-0.4, -0.2) is 16.9 Å². The highest BCUT2D eigenvalue weighted by atomic mass is 32.1. The monoisotopic (exact) mass is 356 g/mol. The van der Waals surface area contributed by atoms with Gasteiger partial charge in [-0.1, -0.05) is 6.07 Å². The fourth-order valence-corrected chi connectivity index (χ4v) is 2.85. The maximum Gasteiger partial charge on any atom is 0.316 e. The number of primary amides is 1. The highest BCUT2D eigenvalue weighted by Gasteiger charge is 2.11. The van der Waals surface area contributed by atoms with Crippen molar-refractivity contribution in [3.05, 3.63) is 65.3 Å². The number of urea groups is 1. The molecule has 0 aliphatic rings. The number of nitrogens with zero attached hydrogens (tertiary/aromatic N) is 1. The fraction of sp³-hybridized carbons (Fsp3) is 0. The fourth-order valence-electron chi connectivity index (χ4n) is 2.13. The molecule has 0 atom stereocenters. The summed E-state index contributed by atoms with van der Waals surface area (Å²) in [5.74, 6) is -0.690. The molecule has 126 valence electrons. The molecule has 8 heteroatoms. The van der Waals surface area contributed by atoms with Crippen molar-refractivity contribution in [2.45, 2.75) is 0 Å². The first kappa shape index (κ1) is 16.6. The summed E-state index contributed by atoms with van der Waals surface area (Å²) in [6.45, 7) is 0. The lowest BCUT2D eigenvalue weighted by Crippen LogP contribution is -2.19. The summed E-state index contributed by atoms with van der Waals surface area (Å²) in [5.41, 5.74) is 7.23. The Hall–Kier alpha value is -3.26. The number of thiazole rings is 1. The van der Waals surface area contributed by atoms with Crippen LogP contribution in [0.4, 0.5) is 20.0 Å². The third-order valence-corrected chi connectivity index (χ3v) is 4.01. The first-order valence-electron chi connectivity index (χ1n) is 7.20. The Morgan fingerprint density at radius 3 is 2.56 bits per heavy atom. The minimum Gasteiger partial charge on any atom is -0.351 e. The third kappa shape index (κ3) is 4.18. The molecule has 0 spiro atoms. The Balaban J connectivity index is 1.73. The van der Waals surface area contributed by atoms with Crippen molar-refractivity contribution in [2.24, 2.45) is 5.73 Å². The number of nitrogens with one attached hydrogen (secondary N) is 2. The first-order valence-corrected chi connectivity index (χ1v) is 8.08. The van der Waals surface area contributed by atoms with E-state index in [4.69, 9.17) is 5.73 Å². The number of benzene rings is 2. The van der Waals surface area contributed by atoms with E-state index in [1.165, 1.54) is 29.5 Å². The lowest BCUT2D eigenvalue weighted by Gasteiger charge is -2.05. The minimum absolute atomic E-state index is 0.322. The Kier molecular flexibility index (Phi) is 4.71. The maximum absolute atomic E-state index is 13.0. The van der Waals surface area contributed by atoms with E-state index in [-0.39, 0.29) is 11.7 Å². The van der Waals surface area contributed by atoms with Crippen LogP contribution in [0, 0.1) is 5.82 Å². The molecule has 2 aromatic carbocycles. The number of anilines is 2. The van der Waals surface area contributed by atoms with Crippen LogP contribution < -0.4 is 16.4 Å². The van der Waals surface area contributed by atoms with Crippen molar-refractivity contribution in [2.75, 3.05) is 10.6 Å². The molecule has 0 bridgehead atoms. The van der Waals surface area contributed by atoms with Crippen LogP contribution in [0.3, 0.4) is 0 Å². The van der Waals surface area contributed by atoms with Gasteiger partial charge in [0.1, 0.15) is 5.82 Å². The Morgan fingerprint density at radius 2 is 1.84 bits per heavy atom. The van der Waals surface area contributed by atoms with Gasteiger partial charge in [0.2, 0.25) is 0 Å². The number of halogens is 1. The Labute approximate surface area is 146 Å². The molecule has 4 N–H and O–H groups in total. The summed E-state index contributed by atoms with van der Waals surface area (Å²) in [6.07, 6.45) is 0. The van der Waals surface area contributed by atoms with Gasteiger partial charge in [-0.05, 0) is 42.5 Å². The zero-order valence-electron chi connectivity index (χ0n) is 12.8. The van der Waals surface area contributed by atoms with Crippen LogP contribution in [0.25, 0.3) is 11.3 Å². The third-order valence-electron chi connectivity index (χ3n) is 3.26. The molecule has 3 aromatic rings. The highest BCUT2D eigenvalue weighted by molar-refractivity contribution is 7.14. The summed E-state index contributed by atoms with van der Waals surface area (Å²) >= 11 is 1.26. The van der Waals surface area contributed by atoms with Gasteiger partial charge in [0.25, 0.3) is 5.91 Å². The second-order valence-corrected chi connectivity index (χ2v) is 5.93. The highest BCUT2D eigenvalue weighted by Crippen LogP contribution is 2.25. The molecular formula is C17H13FN4O2S. The standard InChI is InChI=1S/C17H13FN4O2S/c18-12-6-4-10(5-7-12)14-9-25-17(21-14)22-15(23)11-2-1-3-13(8-11)20-16(19)24/h1-9H,(H3,19,20,24)(H,21,22,23). The van der Waals surface area contributed by atoms with Gasteiger partial charge in [0, 0.05) is 22.2 Å². The van der Waals surface area contributed by atoms with Crippen LogP contribution in [0.2, 0.25) is 0 Å². The predicted molar refractivity (Wildman–Crippen MR) is 95.1 cm³/mol. The molecule has 0 aliphatic carbocycles. The minimum atomic E-state index is -0.707. The summed E-state index contributed by atoms with van der Waals surface area (Å²) in [5, 5.41) is 7.29. The first-order chi connectivity index (χ1) is 12.0. The van der Waals surface area contributed by atoms with E-state index in [1.54, 1.807) is 35.7 Å². The molecule has 0 unspecified atom stereocenters. The van der Waals surface area contributed by atoms with E-state index in [9.17, 15) is 14.0 Å². The normalized spacial score (nSPS) is 10.3. The Bertz CT molecular complexity index is 924. The van der Waals surface area contributed by atoms with E-state index in [0.717, 1.165) is 5.56 Å². The molecule has 25 heavy (non-hydrogen) atoms. The summed E-state index contributed by atoms with van der Waals surface area (Å²) < 4.78 is 13.0. The van der Waals surface area contributed by atoms with Gasteiger partial charge in [0.15, 0.2) is 5.13 Å². The molecule has 3 amide bonds. The molecule has 6 nitrogen and oxygen atoms in total. The zero-order chi connectivity index (χ0) is 17.8. The van der Waals surface area contributed by atoms with E-state index < -0.39 is 6.03 Å². The van der Waals surface area contributed by atoms with Crippen molar-refractivity contribution < 1.29 is 14.0 Å². The van der Waals surface area contributed by atoms with E-state index in [2.05, 4.69) is 15.6 Å². The van der Waals surface area contributed by atoms with Crippen LogP contribution >= 0.6 is 11.3 Å². The average molecular weight is 356 g/mol. The molecule has 1 aromatic heterocycles. The second kappa shape index (κ2) is 7.10. The van der Waals surface area contributed by atoms with Gasteiger partial charge < -0.3 is 11.1 Å². The van der Waals surface area contributed by atoms with Crippen LogP contribution in [0.5, 0.6) is 0 Å². The summed E-state index contributed by atoms with van der Waals surface area (Å²) in [7, 11) is 0. The summed E-state index contributed by atoms with van der Waals surface area (Å²) in [4.78, 5) is 27.5. The van der Waals surface area contributed by atoms with Crippen molar-refractivity contribution >= 4 is 34.1 Å². The lowest BCUT2D eigenvalue weighted by atomic mass is 10.2. The molecule has 1 heterocycles. The van der Waals surface area contributed by atoms with Gasteiger partial charge in [-0.2, -0.15) is 0 Å². The maximum atomic E-state index is 13.0. The number of aromatic nitrogens is 1. The zero-order valence-corrected chi connectivity index (χ0v) is 13.6. The number of hydrogen-bond acceptors (Lipinski definition) is 4. The van der Waals surface area contributed by atoms with Gasteiger partial charge >= 0.3 is 6.03 Å². The largest absolute Gasteiger partial charge is 0.351 e. The van der Waals surface area contributed by atoms with Crippen LogP contribution in [0.1, 0.15) is 10.4 Å². The van der Waals surface area contributed by atoms with Gasteiger partial charge in [-0.3, -0.25) is 10.1 Å². The van der Waals surface area contributed by atoms with E-state index >= 15 is 0 Å². The number of rotatable bonds is 4. The number of carbonyl (C=O) groups excluding carboxylic acids is 2. The average Bonchev–Trinajstić information content (AvgIpc) is 3.03. The molecule has 0 aliphatic heterocycles. The second-order valence-electron chi connectivity index (χ2n) is 5.07. The van der Waals surface area contributed by atoms with Gasteiger partial charge in [0.05, 0.1) is 5.69 Å². The quantitative estimate of drug-likeness (QED) is 0.665. The van der Waals surface area contributed by atoms with Crippen molar-refractivity contribution in [1.29, 1.82) is 0 Å².